The van der Waals surface area contributed by atoms with Gasteiger partial charge in [-0.25, -0.2) is 9.78 Å². The zero-order valence-electron chi connectivity index (χ0n) is 15.1. The number of aromatic nitrogens is 2. The molecule has 0 unspecified atom stereocenters. The molecule has 0 bridgehead atoms. The Morgan fingerprint density at radius 2 is 1.61 bits per heavy atom. The number of esters is 1. The highest BCUT2D eigenvalue weighted by Crippen LogP contribution is 2.22. The van der Waals surface area contributed by atoms with Crippen LogP contribution >= 0.6 is 0 Å². The first-order valence-corrected chi connectivity index (χ1v) is 8.98. The van der Waals surface area contributed by atoms with Gasteiger partial charge in [0.25, 0.3) is 5.56 Å². The van der Waals surface area contributed by atoms with Crippen LogP contribution in [0.2, 0.25) is 0 Å². The Hall–Kier alpha value is -3.73. The van der Waals surface area contributed by atoms with E-state index in [1.165, 1.54) is 10.8 Å². The third kappa shape index (κ3) is 3.83. The predicted molar refractivity (Wildman–Crippen MR) is 107 cm³/mol. The van der Waals surface area contributed by atoms with E-state index in [1.807, 2.05) is 54.6 Å². The lowest BCUT2D eigenvalue weighted by molar-refractivity contribution is -0.135. The van der Waals surface area contributed by atoms with Crippen molar-refractivity contribution in [1.82, 2.24) is 9.55 Å². The van der Waals surface area contributed by atoms with Crippen molar-refractivity contribution in [2.75, 3.05) is 0 Å². The lowest BCUT2D eigenvalue weighted by atomic mass is 10.0. The minimum Gasteiger partial charge on any atom is -0.425 e. The molecule has 0 N–H and O–H groups in total. The van der Waals surface area contributed by atoms with Gasteiger partial charge in [-0.15, -0.1) is 0 Å². The standard InChI is InChI=1S/C23H18N2O3/c26-22-15-24-19-11-5-6-12-20(19)25(22)16-23(27)28-21-13-7-4-10-18(21)14-17-8-2-1-3-9-17/h1-13,15H,14,16H2. The van der Waals surface area contributed by atoms with Crippen LogP contribution in [0.3, 0.4) is 0 Å². The molecule has 0 atom stereocenters. The summed E-state index contributed by atoms with van der Waals surface area (Å²) in [7, 11) is 0. The lowest BCUT2D eigenvalue weighted by Gasteiger charge is -2.12. The van der Waals surface area contributed by atoms with Crippen LogP contribution in [0.25, 0.3) is 11.0 Å². The molecule has 0 aliphatic rings. The van der Waals surface area contributed by atoms with Crippen LogP contribution in [0.15, 0.2) is 89.9 Å². The third-order valence-electron chi connectivity index (χ3n) is 4.47. The topological polar surface area (TPSA) is 61.2 Å². The summed E-state index contributed by atoms with van der Waals surface area (Å²) < 4.78 is 6.99. The minimum atomic E-state index is -0.501. The lowest BCUT2D eigenvalue weighted by Crippen LogP contribution is -2.27. The van der Waals surface area contributed by atoms with Gasteiger partial charge >= 0.3 is 5.97 Å². The Labute approximate surface area is 161 Å². The van der Waals surface area contributed by atoms with Crippen molar-refractivity contribution in [3.8, 4) is 5.75 Å². The Morgan fingerprint density at radius 3 is 2.46 bits per heavy atom. The van der Waals surface area contributed by atoms with Gasteiger partial charge in [0.05, 0.1) is 17.2 Å². The van der Waals surface area contributed by atoms with Crippen molar-refractivity contribution >= 4 is 17.0 Å². The number of carbonyl (C=O) groups is 1. The fraction of sp³-hybridized carbons (Fsp3) is 0.0870. The fourth-order valence-electron chi connectivity index (χ4n) is 3.13. The van der Waals surface area contributed by atoms with Crippen molar-refractivity contribution in [3.05, 3.63) is 107 Å². The number of rotatable bonds is 5. The number of ether oxygens (including phenoxy) is 1. The normalized spacial score (nSPS) is 10.7. The minimum absolute atomic E-state index is 0.179. The van der Waals surface area contributed by atoms with E-state index in [9.17, 15) is 9.59 Å². The molecule has 0 fully saturated rings. The molecule has 0 radical (unpaired) electrons. The molecule has 0 spiro atoms. The molecule has 0 aliphatic heterocycles. The van der Waals surface area contributed by atoms with Crippen molar-refractivity contribution in [2.24, 2.45) is 0 Å². The number of fused-ring (bicyclic) bond motifs is 1. The van der Waals surface area contributed by atoms with E-state index in [2.05, 4.69) is 4.98 Å². The fourth-order valence-corrected chi connectivity index (χ4v) is 3.13. The van der Waals surface area contributed by atoms with Gasteiger partial charge in [-0.2, -0.15) is 0 Å². The van der Waals surface area contributed by atoms with Gasteiger partial charge in [0, 0.05) is 6.42 Å². The molecule has 1 heterocycles. The first kappa shape index (κ1) is 17.7. The van der Waals surface area contributed by atoms with Crippen molar-refractivity contribution in [2.45, 2.75) is 13.0 Å². The summed E-state index contributed by atoms with van der Waals surface area (Å²) in [6, 6.07) is 24.6. The van der Waals surface area contributed by atoms with Crippen molar-refractivity contribution in [3.63, 3.8) is 0 Å². The molecule has 5 nitrogen and oxygen atoms in total. The predicted octanol–water partition coefficient (Wildman–Crippen LogP) is 3.59. The molecular formula is C23H18N2O3. The van der Waals surface area contributed by atoms with Crippen LogP contribution in [-0.4, -0.2) is 15.5 Å². The van der Waals surface area contributed by atoms with Crippen molar-refractivity contribution in [1.29, 1.82) is 0 Å². The van der Waals surface area contributed by atoms with Crippen molar-refractivity contribution < 1.29 is 9.53 Å². The van der Waals surface area contributed by atoms with E-state index in [-0.39, 0.29) is 12.1 Å². The highest BCUT2D eigenvalue weighted by atomic mass is 16.5. The average Bonchev–Trinajstić information content (AvgIpc) is 2.72. The number of hydrogen-bond donors (Lipinski definition) is 0. The molecule has 138 valence electrons. The number of carbonyl (C=O) groups excluding carboxylic acids is 1. The highest BCUT2D eigenvalue weighted by Gasteiger charge is 2.13. The Bertz CT molecular complexity index is 1180. The summed E-state index contributed by atoms with van der Waals surface area (Å²) in [6.45, 7) is -0.179. The number of benzene rings is 3. The molecule has 5 heteroatoms. The maximum atomic E-state index is 12.6. The van der Waals surface area contributed by atoms with Gasteiger partial charge in [-0.1, -0.05) is 60.7 Å². The largest absolute Gasteiger partial charge is 0.425 e. The molecule has 1 aromatic heterocycles. The van der Waals surface area contributed by atoms with Gasteiger partial charge in [0.2, 0.25) is 0 Å². The second kappa shape index (κ2) is 7.88. The quantitative estimate of drug-likeness (QED) is 0.398. The summed E-state index contributed by atoms with van der Waals surface area (Å²) in [5.74, 6) is 0.00160. The van der Waals surface area contributed by atoms with E-state index in [4.69, 9.17) is 4.74 Å². The van der Waals surface area contributed by atoms with E-state index in [0.29, 0.717) is 23.2 Å². The van der Waals surface area contributed by atoms with E-state index < -0.39 is 5.97 Å². The van der Waals surface area contributed by atoms with Crippen LogP contribution < -0.4 is 10.3 Å². The smallest absolute Gasteiger partial charge is 0.331 e. The van der Waals surface area contributed by atoms with E-state index in [0.717, 1.165) is 11.1 Å². The maximum Gasteiger partial charge on any atom is 0.331 e. The summed E-state index contributed by atoms with van der Waals surface area (Å²) in [4.78, 5) is 28.9. The van der Waals surface area contributed by atoms with Crippen LogP contribution in [-0.2, 0) is 17.8 Å². The summed E-state index contributed by atoms with van der Waals surface area (Å²) in [6.07, 6.45) is 1.88. The van der Waals surface area contributed by atoms with Gasteiger partial charge in [0.1, 0.15) is 12.3 Å². The molecule has 0 saturated carbocycles. The van der Waals surface area contributed by atoms with Gasteiger partial charge in [-0.3, -0.25) is 9.36 Å². The Kier molecular flexibility index (Phi) is 4.97. The first-order valence-electron chi connectivity index (χ1n) is 8.98. The second-order valence-electron chi connectivity index (χ2n) is 6.42. The summed E-state index contributed by atoms with van der Waals surface area (Å²) in [5.41, 5.74) is 2.95. The SMILES string of the molecule is O=C(Cn1c(=O)cnc2ccccc21)Oc1ccccc1Cc1ccccc1. The zero-order chi connectivity index (χ0) is 19.3. The molecule has 0 saturated heterocycles. The summed E-state index contributed by atoms with van der Waals surface area (Å²) >= 11 is 0. The van der Waals surface area contributed by atoms with Crippen LogP contribution in [0.4, 0.5) is 0 Å². The Balaban J connectivity index is 1.57. The van der Waals surface area contributed by atoms with Gasteiger partial charge < -0.3 is 4.74 Å². The van der Waals surface area contributed by atoms with Gasteiger partial charge in [0.15, 0.2) is 0 Å². The maximum absolute atomic E-state index is 12.6. The summed E-state index contributed by atoms with van der Waals surface area (Å²) in [5, 5.41) is 0. The monoisotopic (exact) mass is 370 g/mol. The van der Waals surface area contributed by atoms with E-state index >= 15 is 0 Å². The van der Waals surface area contributed by atoms with Crippen LogP contribution in [0, 0.1) is 0 Å². The molecule has 4 rings (SSSR count). The number of para-hydroxylation sites is 3. The zero-order valence-corrected chi connectivity index (χ0v) is 15.1. The van der Waals surface area contributed by atoms with Gasteiger partial charge in [-0.05, 0) is 29.3 Å². The molecule has 3 aromatic carbocycles. The molecule has 4 aromatic rings. The highest BCUT2D eigenvalue weighted by molar-refractivity contribution is 5.78. The van der Waals surface area contributed by atoms with Crippen LogP contribution in [0.5, 0.6) is 5.75 Å². The average molecular weight is 370 g/mol. The molecule has 28 heavy (non-hydrogen) atoms. The number of nitrogens with zero attached hydrogens (tertiary/aromatic N) is 2. The molecular weight excluding hydrogens is 352 g/mol. The molecule has 0 aliphatic carbocycles. The Morgan fingerprint density at radius 1 is 0.893 bits per heavy atom. The molecule has 0 amide bonds. The second-order valence-corrected chi connectivity index (χ2v) is 6.42. The first-order chi connectivity index (χ1) is 13.7. The van der Waals surface area contributed by atoms with Crippen LogP contribution in [0.1, 0.15) is 11.1 Å². The van der Waals surface area contributed by atoms with E-state index in [1.54, 1.807) is 24.3 Å². The number of hydrogen-bond acceptors (Lipinski definition) is 4. The third-order valence-corrected chi connectivity index (χ3v) is 4.47.